The number of benzene rings is 1. The molecule has 140 valence electrons. The van der Waals surface area contributed by atoms with E-state index in [1.807, 2.05) is 13.8 Å². The summed E-state index contributed by atoms with van der Waals surface area (Å²) >= 11 is 12.4. The van der Waals surface area contributed by atoms with Gasteiger partial charge in [-0.25, -0.2) is 4.98 Å². The smallest absolute Gasteiger partial charge is 0.417 e. The summed E-state index contributed by atoms with van der Waals surface area (Å²) in [6.45, 7) is 4.04. The average molecular weight is 516 g/mol. The molecule has 0 N–H and O–H groups in total. The van der Waals surface area contributed by atoms with Gasteiger partial charge >= 0.3 is 6.18 Å². The van der Waals surface area contributed by atoms with Crippen LogP contribution in [0.5, 0.6) is 17.4 Å². The lowest BCUT2D eigenvalue weighted by Gasteiger charge is -2.14. The molecule has 0 bridgehead atoms. The van der Waals surface area contributed by atoms with Gasteiger partial charge in [0.25, 0.3) is 0 Å². The van der Waals surface area contributed by atoms with Gasteiger partial charge in [-0.3, -0.25) is 0 Å². The molecule has 9 heteroatoms. The van der Waals surface area contributed by atoms with Crippen molar-refractivity contribution in [2.45, 2.75) is 20.0 Å². The van der Waals surface area contributed by atoms with Crippen LogP contribution in [0.15, 0.2) is 33.9 Å². The van der Waals surface area contributed by atoms with Gasteiger partial charge in [0.05, 0.1) is 8.96 Å². The molecule has 2 aromatic rings. The van der Waals surface area contributed by atoms with Gasteiger partial charge in [0.2, 0.25) is 5.88 Å². The molecule has 0 aliphatic carbocycles. The summed E-state index contributed by atoms with van der Waals surface area (Å²) in [5.74, 6) is 0.998. The molecule has 0 atom stereocenters. The zero-order chi connectivity index (χ0) is 19.5. The minimum Gasteiger partial charge on any atom is -0.489 e. The molecular formula is C17H13Br2ClF3NO2. The van der Waals surface area contributed by atoms with Crippen molar-refractivity contribution in [3.63, 3.8) is 0 Å². The molecule has 0 saturated heterocycles. The van der Waals surface area contributed by atoms with Crippen molar-refractivity contribution in [3.05, 3.63) is 55.6 Å². The van der Waals surface area contributed by atoms with Crippen molar-refractivity contribution < 1.29 is 22.6 Å². The van der Waals surface area contributed by atoms with E-state index in [2.05, 4.69) is 36.8 Å². The van der Waals surface area contributed by atoms with Crippen LogP contribution in [0, 0.1) is 13.8 Å². The summed E-state index contributed by atoms with van der Waals surface area (Å²) in [6.07, 6.45) is -2.03. The van der Waals surface area contributed by atoms with E-state index in [0.29, 0.717) is 24.3 Å². The topological polar surface area (TPSA) is 31.4 Å². The van der Waals surface area contributed by atoms with Crippen LogP contribution in [-0.2, 0) is 6.18 Å². The molecule has 0 radical (unpaired) electrons. The first-order valence-corrected chi connectivity index (χ1v) is 9.20. The minimum absolute atomic E-state index is 0.0988. The molecule has 26 heavy (non-hydrogen) atoms. The predicted octanol–water partition coefficient (Wildman–Crippen LogP) is 7.17. The number of alkyl halides is 3. The van der Waals surface area contributed by atoms with Gasteiger partial charge in [-0.05, 0) is 81.1 Å². The molecule has 0 fully saturated rings. The average Bonchev–Trinajstić information content (AvgIpc) is 2.50. The van der Waals surface area contributed by atoms with E-state index >= 15 is 0 Å². The summed E-state index contributed by atoms with van der Waals surface area (Å²) in [4.78, 5) is 3.67. The predicted molar refractivity (Wildman–Crippen MR) is 102 cm³/mol. The van der Waals surface area contributed by atoms with Gasteiger partial charge in [-0.15, -0.1) is 0 Å². The third-order valence-electron chi connectivity index (χ3n) is 3.25. The van der Waals surface area contributed by atoms with E-state index in [9.17, 15) is 13.2 Å². The van der Waals surface area contributed by atoms with E-state index < -0.39 is 11.7 Å². The minimum atomic E-state index is -4.51. The second-order valence-corrected chi connectivity index (χ2v) is 8.48. The van der Waals surface area contributed by atoms with E-state index in [-0.39, 0.29) is 10.9 Å². The summed E-state index contributed by atoms with van der Waals surface area (Å²) < 4.78 is 50.0. The van der Waals surface area contributed by atoms with Crippen molar-refractivity contribution in [1.29, 1.82) is 0 Å². The second-order valence-electron chi connectivity index (χ2n) is 5.30. The Morgan fingerprint density at radius 2 is 1.81 bits per heavy atom. The van der Waals surface area contributed by atoms with Crippen molar-refractivity contribution in [2.75, 3.05) is 6.61 Å². The second kappa shape index (κ2) is 8.63. The lowest BCUT2D eigenvalue weighted by atomic mass is 10.1. The van der Waals surface area contributed by atoms with Crippen LogP contribution in [0.3, 0.4) is 0 Å². The third kappa shape index (κ3) is 5.62. The first-order valence-electron chi connectivity index (χ1n) is 7.23. The highest BCUT2D eigenvalue weighted by Gasteiger charge is 2.31. The summed E-state index contributed by atoms with van der Waals surface area (Å²) in [5, 5.41) is -0.220. The maximum absolute atomic E-state index is 12.7. The van der Waals surface area contributed by atoms with Crippen molar-refractivity contribution in [1.82, 2.24) is 4.98 Å². The Morgan fingerprint density at radius 1 is 1.19 bits per heavy atom. The molecular weight excluding hydrogens is 502 g/mol. The zero-order valence-corrected chi connectivity index (χ0v) is 17.6. The lowest BCUT2D eigenvalue weighted by Crippen LogP contribution is -2.06. The molecule has 0 aliphatic heterocycles. The molecule has 0 spiro atoms. The highest BCUT2D eigenvalue weighted by molar-refractivity contribution is 9.28. The van der Waals surface area contributed by atoms with E-state index in [0.717, 1.165) is 20.6 Å². The SMILES string of the molecule is Cc1cc(Oc2ncc(C(F)(F)F)cc2Cl)cc(C)c1OCC=C(Br)Br. The quantitative estimate of drug-likeness (QED) is 0.423. The first kappa shape index (κ1) is 21.1. The van der Waals surface area contributed by atoms with Gasteiger partial charge < -0.3 is 9.47 Å². The number of aromatic nitrogens is 1. The fourth-order valence-electron chi connectivity index (χ4n) is 2.15. The molecule has 0 unspecified atom stereocenters. The molecule has 3 nitrogen and oxygen atoms in total. The Kier molecular flexibility index (Phi) is 6.99. The van der Waals surface area contributed by atoms with Crippen LogP contribution in [0.2, 0.25) is 5.02 Å². The van der Waals surface area contributed by atoms with Crippen molar-refractivity contribution in [2.24, 2.45) is 0 Å². The van der Waals surface area contributed by atoms with E-state index in [4.69, 9.17) is 21.1 Å². The van der Waals surface area contributed by atoms with Gasteiger partial charge in [0.15, 0.2) is 0 Å². The molecule has 1 heterocycles. The fourth-order valence-corrected chi connectivity index (χ4v) is 2.62. The summed E-state index contributed by atoms with van der Waals surface area (Å²) in [5.41, 5.74) is 0.682. The number of hydrogen-bond acceptors (Lipinski definition) is 3. The number of nitrogens with zero attached hydrogens (tertiary/aromatic N) is 1. The number of pyridine rings is 1. The van der Waals surface area contributed by atoms with Crippen LogP contribution in [0.25, 0.3) is 0 Å². The standard InChI is InChI=1S/C17H13Br2ClF3NO2/c1-9-5-12(6-10(2)15(9)25-4-3-14(18)19)26-16-13(20)7-11(8-24-16)17(21,22)23/h3,5-8H,4H2,1-2H3. The summed E-state index contributed by atoms with van der Waals surface area (Å²) in [6, 6.07) is 4.18. The maximum Gasteiger partial charge on any atom is 0.417 e. The zero-order valence-electron chi connectivity index (χ0n) is 13.6. The van der Waals surface area contributed by atoms with Crippen LogP contribution in [0.1, 0.15) is 16.7 Å². The number of ether oxygens (including phenoxy) is 2. The van der Waals surface area contributed by atoms with Crippen molar-refractivity contribution in [3.8, 4) is 17.4 Å². The fraction of sp³-hybridized carbons (Fsp3) is 0.235. The molecule has 0 saturated carbocycles. The Hall–Kier alpha value is -1.25. The Labute approximate surface area is 170 Å². The highest BCUT2D eigenvalue weighted by Crippen LogP contribution is 2.36. The molecule has 2 rings (SSSR count). The first-order chi connectivity index (χ1) is 12.1. The lowest BCUT2D eigenvalue weighted by molar-refractivity contribution is -0.137. The van der Waals surface area contributed by atoms with Crippen LogP contribution in [-0.4, -0.2) is 11.6 Å². The number of rotatable bonds is 5. The van der Waals surface area contributed by atoms with E-state index in [1.165, 1.54) is 0 Å². The number of hydrogen-bond donors (Lipinski definition) is 0. The Balaban J connectivity index is 2.22. The van der Waals surface area contributed by atoms with Gasteiger partial charge in [-0.1, -0.05) is 11.6 Å². The van der Waals surface area contributed by atoms with E-state index in [1.54, 1.807) is 18.2 Å². The van der Waals surface area contributed by atoms with Gasteiger partial charge in [0.1, 0.15) is 23.1 Å². The van der Waals surface area contributed by atoms with Gasteiger partial charge in [-0.2, -0.15) is 13.2 Å². The van der Waals surface area contributed by atoms with Crippen molar-refractivity contribution >= 4 is 43.5 Å². The monoisotopic (exact) mass is 513 g/mol. The molecule has 1 aromatic heterocycles. The van der Waals surface area contributed by atoms with Crippen LogP contribution >= 0.6 is 43.5 Å². The molecule has 0 aliphatic rings. The largest absolute Gasteiger partial charge is 0.489 e. The Bertz CT molecular complexity index is 814. The number of aryl methyl sites for hydroxylation is 2. The summed E-state index contributed by atoms with van der Waals surface area (Å²) in [7, 11) is 0. The third-order valence-corrected chi connectivity index (χ3v) is 4.17. The van der Waals surface area contributed by atoms with Crippen LogP contribution in [0.4, 0.5) is 13.2 Å². The number of halogens is 6. The Morgan fingerprint density at radius 3 is 2.31 bits per heavy atom. The molecule has 1 aromatic carbocycles. The van der Waals surface area contributed by atoms with Crippen LogP contribution < -0.4 is 9.47 Å². The maximum atomic E-state index is 12.7. The van der Waals surface area contributed by atoms with Gasteiger partial charge in [0, 0.05) is 6.20 Å². The normalized spacial score (nSPS) is 11.2. The highest BCUT2D eigenvalue weighted by atomic mass is 79.9. The molecule has 0 amide bonds.